The third-order valence-electron chi connectivity index (χ3n) is 3.62. The first-order chi connectivity index (χ1) is 8.67. The Bertz CT molecular complexity index is 501. The van der Waals surface area contributed by atoms with Crippen molar-refractivity contribution in [3.63, 3.8) is 0 Å². The second-order valence-corrected chi connectivity index (χ2v) is 5.07. The van der Waals surface area contributed by atoms with Gasteiger partial charge in [0.25, 0.3) is 0 Å². The molecular formula is C14H16N4. The van der Waals surface area contributed by atoms with E-state index in [1.165, 1.54) is 0 Å². The predicted molar refractivity (Wildman–Crippen MR) is 67.2 cm³/mol. The number of hydrogen-bond donors (Lipinski definition) is 0. The SMILES string of the molecule is CC1(C#N)CCN(Cc2cccnc2C#N)CC1. The first-order valence-corrected chi connectivity index (χ1v) is 6.14. The minimum absolute atomic E-state index is 0.177. The summed E-state index contributed by atoms with van der Waals surface area (Å²) >= 11 is 0. The van der Waals surface area contributed by atoms with Crippen LogP contribution in [-0.2, 0) is 6.54 Å². The summed E-state index contributed by atoms with van der Waals surface area (Å²) in [5.74, 6) is 0. The van der Waals surface area contributed by atoms with Gasteiger partial charge in [-0.2, -0.15) is 10.5 Å². The zero-order chi connectivity index (χ0) is 13.0. The van der Waals surface area contributed by atoms with Gasteiger partial charge in [-0.3, -0.25) is 4.90 Å². The van der Waals surface area contributed by atoms with Gasteiger partial charge in [-0.25, -0.2) is 4.98 Å². The molecule has 4 nitrogen and oxygen atoms in total. The fourth-order valence-corrected chi connectivity index (χ4v) is 2.22. The molecule has 0 aliphatic carbocycles. The third-order valence-corrected chi connectivity index (χ3v) is 3.62. The lowest BCUT2D eigenvalue weighted by atomic mass is 9.82. The maximum absolute atomic E-state index is 9.09. The van der Waals surface area contributed by atoms with Crippen LogP contribution in [-0.4, -0.2) is 23.0 Å². The molecule has 1 aliphatic heterocycles. The van der Waals surface area contributed by atoms with E-state index in [0.29, 0.717) is 5.69 Å². The number of piperidine rings is 1. The summed E-state index contributed by atoms with van der Waals surface area (Å²) in [4.78, 5) is 6.36. The normalized spacial score (nSPS) is 18.8. The van der Waals surface area contributed by atoms with Crippen LogP contribution in [0.4, 0.5) is 0 Å². The van der Waals surface area contributed by atoms with E-state index >= 15 is 0 Å². The summed E-state index contributed by atoms with van der Waals surface area (Å²) < 4.78 is 0. The van der Waals surface area contributed by atoms with E-state index in [4.69, 9.17) is 10.5 Å². The van der Waals surface area contributed by atoms with Crippen LogP contribution in [0.25, 0.3) is 0 Å². The Morgan fingerprint density at radius 3 is 2.72 bits per heavy atom. The van der Waals surface area contributed by atoms with Crippen molar-refractivity contribution in [3.8, 4) is 12.1 Å². The molecule has 1 fully saturated rings. The van der Waals surface area contributed by atoms with E-state index in [1.54, 1.807) is 6.20 Å². The zero-order valence-electron chi connectivity index (χ0n) is 10.6. The number of nitrogens with zero attached hydrogens (tertiary/aromatic N) is 4. The molecule has 18 heavy (non-hydrogen) atoms. The molecule has 0 radical (unpaired) electrons. The second kappa shape index (κ2) is 5.16. The van der Waals surface area contributed by atoms with Gasteiger partial charge in [0.1, 0.15) is 11.8 Å². The Balaban J connectivity index is 2.01. The van der Waals surface area contributed by atoms with Gasteiger partial charge < -0.3 is 0 Å². The van der Waals surface area contributed by atoms with Crippen molar-refractivity contribution in [2.45, 2.75) is 26.3 Å². The fraction of sp³-hybridized carbons (Fsp3) is 0.500. The lowest BCUT2D eigenvalue weighted by molar-refractivity contribution is 0.150. The largest absolute Gasteiger partial charge is 0.299 e. The average Bonchev–Trinajstić information content (AvgIpc) is 2.42. The Labute approximate surface area is 107 Å². The maximum atomic E-state index is 9.09. The molecule has 0 atom stereocenters. The number of rotatable bonds is 2. The van der Waals surface area contributed by atoms with Gasteiger partial charge in [-0.1, -0.05) is 6.07 Å². The van der Waals surface area contributed by atoms with E-state index < -0.39 is 0 Å². The molecular weight excluding hydrogens is 224 g/mol. The maximum Gasteiger partial charge on any atom is 0.144 e. The average molecular weight is 240 g/mol. The van der Waals surface area contributed by atoms with Crippen LogP contribution in [0.15, 0.2) is 18.3 Å². The number of nitriles is 2. The molecule has 1 aliphatic rings. The third kappa shape index (κ3) is 2.67. The van der Waals surface area contributed by atoms with E-state index in [2.05, 4.69) is 22.0 Å². The lowest BCUT2D eigenvalue weighted by Gasteiger charge is -2.34. The highest BCUT2D eigenvalue weighted by Gasteiger charge is 2.29. The summed E-state index contributed by atoms with van der Waals surface area (Å²) in [6, 6.07) is 8.33. The van der Waals surface area contributed by atoms with Gasteiger partial charge in [-0.05, 0) is 38.9 Å². The molecule has 0 aromatic carbocycles. The monoisotopic (exact) mass is 240 g/mol. The van der Waals surface area contributed by atoms with Gasteiger partial charge in [0, 0.05) is 18.3 Å². The van der Waals surface area contributed by atoms with Gasteiger partial charge in [0.15, 0.2) is 0 Å². The summed E-state index contributed by atoms with van der Waals surface area (Å²) in [6.07, 6.45) is 3.43. The smallest absolute Gasteiger partial charge is 0.144 e. The predicted octanol–water partition coefficient (Wildman–Crippen LogP) is 2.08. The molecule has 2 rings (SSSR count). The fourth-order valence-electron chi connectivity index (χ4n) is 2.22. The molecule has 1 aromatic rings. The van der Waals surface area contributed by atoms with Crippen molar-refractivity contribution in [3.05, 3.63) is 29.6 Å². The van der Waals surface area contributed by atoms with Crippen molar-refractivity contribution < 1.29 is 0 Å². The molecule has 0 unspecified atom stereocenters. The summed E-state index contributed by atoms with van der Waals surface area (Å²) in [7, 11) is 0. The minimum atomic E-state index is -0.177. The van der Waals surface area contributed by atoms with Crippen LogP contribution in [0.3, 0.4) is 0 Å². The highest BCUT2D eigenvalue weighted by atomic mass is 15.1. The molecule has 92 valence electrons. The second-order valence-electron chi connectivity index (χ2n) is 5.07. The topological polar surface area (TPSA) is 63.7 Å². The van der Waals surface area contributed by atoms with Crippen LogP contribution in [0.2, 0.25) is 0 Å². The van der Waals surface area contributed by atoms with E-state index in [0.717, 1.165) is 38.0 Å². The highest BCUT2D eigenvalue weighted by Crippen LogP contribution is 2.30. The highest BCUT2D eigenvalue weighted by molar-refractivity contribution is 5.30. The first kappa shape index (κ1) is 12.5. The Morgan fingerprint density at radius 1 is 1.39 bits per heavy atom. The van der Waals surface area contributed by atoms with Crippen LogP contribution in [0.1, 0.15) is 31.0 Å². The Hall–Kier alpha value is -1.91. The van der Waals surface area contributed by atoms with Crippen molar-refractivity contribution in [1.82, 2.24) is 9.88 Å². The van der Waals surface area contributed by atoms with Gasteiger partial charge in [0.05, 0.1) is 11.5 Å². The molecule has 1 aromatic heterocycles. The van der Waals surface area contributed by atoms with Gasteiger partial charge in [0.2, 0.25) is 0 Å². The minimum Gasteiger partial charge on any atom is -0.299 e. The van der Waals surface area contributed by atoms with Gasteiger partial charge >= 0.3 is 0 Å². The first-order valence-electron chi connectivity index (χ1n) is 6.14. The summed E-state index contributed by atoms with van der Waals surface area (Å²) in [5.41, 5.74) is 1.30. The molecule has 0 spiro atoms. The molecule has 0 bridgehead atoms. The number of aromatic nitrogens is 1. The molecule has 0 N–H and O–H groups in total. The standard InChI is InChI=1S/C14H16N4/c1-14(11-16)4-7-18(8-5-14)10-12-3-2-6-17-13(12)9-15/h2-3,6H,4-5,7-8,10H2,1H3. The van der Waals surface area contributed by atoms with Crippen LogP contribution in [0, 0.1) is 28.1 Å². The summed E-state index contributed by atoms with van der Waals surface area (Å²) in [6.45, 7) is 4.58. The van der Waals surface area contributed by atoms with E-state index in [-0.39, 0.29) is 5.41 Å². The summed E-state index contributed by atoms with van der Waals surface area (Å²) in [5, 5.41) is 18.1. The van der Waals surface area contributed by atoms with Gasteiger partial charge in [-0.15, -0.1) is 0 Å². The number of hydrogen-bond acceptors (Lipinski definition) is 4. The number of likely N-dealkylation sites (tertiary alicyclic amines) is 1. The quantitative estimate of drug-likeness (QED) is 0.794. The Kier molecular flexibility index (Phi) is 3.60. The van der Waals surface area contributed by atoms with Crippen LogP contribution >= 0.6 is 0 Å². The van der Waals surface area contributed by atoms with Crippen molar-refractivity contribution in [1.29, 1.82) is 10.5 Å². The van der Waals surface area contributed by atoms with E-state index in [1.807, 2.05) is 19.1 Å². The zero-order valence-corrected chi connectivity index (χ0v) is 10.6. The Morgan fingerprint density at radius 2 is 2.11 bits per heavy atom. The number of pyridine rings is 1. The molecule has 2 heterocycles. The van der Waals surface area contributed by atoms with Crippen molar-refractivity contribution in [2.24, 2.45) is 5.41 Å². The molecule has 4 heteroatoms. The van der Waals surface area contributed by atoms with Crippen LogP contribution in [0.5, 0.6) is 0 Å². The van der Waals surface area contributed by atoms with Crippen molar-refractivity contribution in [2.75, 3.05) is 13.1 Å². The molecule has 1 saturated heterocycles. The molecule has 0 amide bonds. The van der Waals surface area contributed by atoms with E-state index in [9.17, 15) is 0 Å². The lowest BCUT2D eigenvalue weighted by Crippen LogP contribution is -2.37. The van der Waals surface area contributed by atoms with Crippen molar-refractivity contribution >= 4 is 0 Å². The molecule has 0 saturated carbocycles. The van der Waals surface area contributed by atoms with Crippen LogP contribution < -0.4 is 0 Å².